The lowest BCUT2D eigenvalue weighted by atomic mass is 10.1. The first-order valence-electron chi connectivity index (χ1n) is 4.11. The van der Waals surface area contributed by atoms with Gasteiger partial charge in [0.05, 0.1) is 13.2 Å². The maximum atomic E-state index is 5.41. The molecule has 58 valence electrons. The lowest BCUT2D eigenvalue weighted by Crippen LogP contribution is -1.99. The maximum absolute atomic E-state index is 5.41. The lowest BCUT2D eigenvalue weighted by molar-refractivity contribution is 0.141. The molecular formula is C10H12O. The van der Waals surface area contributed by atoms with Crippen LogP contribution < -0.4 is 0 Å². The zero-order chi connectivity index (χ0) is 7.52. The summed E-state index contributed by atoms with van der Waals surface area (Å²) in [5.41, 5.74) is 2.77. The minimum absolute atomic E-state index is 0.872. The van der Waals surface area contributed by atoms with Gasteiger partial charge in [0.25, 0.3) is 0 Å². The fraction of sp³-hybridized carbons (Fsp3) is 0.400. The molecule has 2 bridgehead atoms. The number of fused-ring (bicyclic) bond motifs is 6. The number of rotatable bonds is 0. The molecule has 0 unspecified atom stereocenters. The minimum atomic E-state index is 0.872. The second kappa shape index (κ2) is 3.05. The summed E-state index contributed by atoms with van der Waals surface area (Å²) < 4.78 is 5.41. The van der Waals surface area contributed by atoms with Crippen LogP contribution in [0, 0.1) is 0 Å². The smallest absolute Gasteiger partial charge is 0.0506 e. The molecule has 11 heavy (non-hydrogen) atoms. The van der Waals surface area contributed by atoms with E-state index in [9.17, 15) is 0 Å². The maximum Gasteiger partial charge on any atom is 0.0506 e. The van der Waals surface area contributed by atoms with E-state index in [-0.39, 0.29) is 0 Å². The van der Waals surface area contributed by atoms with Crippen LogP contribution in [0.5, 0.6) is 0 Å². The zero-order valence-electron chi connectivity index (χ0n) is 6.55. The third-order valence-electron chi connectivity index (χ3n) is 2.09. The van der Waals surface area contributed by atoms with Crippen LogP contribution in [0.15, 0.2) is 24.3 Å². The molecule has 0 saturated heterocycles. The van der Waals surface area contributed by atoms with Gasteiger partial charge in [-0.05, 0) is 24.0 Å². The van der Waals surface area contributed by atoms with Gasteiger partial charge in [-0.3, -0.25) is 0 Å². The van der Waals surface area contributed by atoms with Gasteiger partial charge in [-0.2, -0.15) is 0 Å². The van der Waals surface area contributed by atoms with E-state index in [2.05, 4.69) is 24.3 Å². The summed E-state index contributed by atoms with van der Waals surface area (Å²) in [6.45, 7) is 1.74. The van der Waals surface area contributed by atoms with Gasteiger partial charge in [-0.15, -0.1) is 0 Å². The first kappa shape index (κ1) is 6.86. The molecule has 0 spiro atoms. The quantitative estimate of drug-likeness (QED) is 0.545. The molecule has 0 aliphatic carbocycles. The third-order valence-corrected chi connectivity index (χ3v) is 2.09. The normalized spacial score (nSPS) is 17.1. The van der Waals surface area contributed by atoms with Crippen molar-refractivity contribution < 1.29 is 4.74 Å². The molecule has 0 atom stereocenters. The van der Waals surface area contributed by atoms with Crippen LogP contribution in [0.2, 0.25) is 0 Å². The fourth-order valence-electron chi connectivity index (χ4n) is 1.35. The van der Waals surface area contributed by atoms with Crippen molar-refractivity contribution in [2.24, 2.45) is 0 Å². The highest BCUT2D eigenvalue weighted by molar-refractivity contribution is 5.23. The Morgan fingerprint density at radius 2 is 1.27 bits per heavy atom. The summed E-state index contributed by atoms with van der Waals surface area (Å²) in [6, 6.07) is 8.79. The number of ether oxygens (including phenoxy) is 1. The van der Waals surface area contributed by atoms with Gasteiger partial charge in [0.2, 0.25) is 0 Å². The largest absolute Gasteiger partial charge is 0.381 e. The molecule has 0 radical (unpaired) electrons. The molecule has 1 aromatic carbocycles. The molecule has 1 heteroatoms. The second-order valence-electron chi connectivity index (χ2n) is 2.93. The van der Waals surface area contributed by atoms with Crippen molar-refractivity contribution in [2.45, 2.75) is 12.8 Å². The van der Waals surface area contributed by atoms with E-state index in [0.717, 1.165) is 26.1 Å². The SMILES string of the molecule is c1cc2ccc1CCOCC2. The van der Waals surface area contributed by atoms with E-state index in [4.69, 9.17) is 4.74 Å². The molecule has 0 N–H and O–H groups in total. The van der Waals surface area contributed by atoms with Crippen molar-refractivity contribution in [3.63, 3.8) is 0 Å². The van der Waals surface area contributed by atoms with Crippen molar-refractivity contribution >= 4 is 0 Å². The van der Waals surface area contributed by atoms with Crippen LogP contribution in [-0.2, 0) is 17.6 Å². The molecule has 3 rings (SSSR count). The fourth-order valence-corrected chi connectivity index (χ4v) is 1.35. The number of hydrogen-bond donors (Lipinski definition) is 0. The van der Waals surface area contributed by atoms with Gasteiger partial charge in [0.15, 0.2) is 0 Å². The van der Waals surface area contributed by atoms with Crippen molar-refractivity contribution in [3.8, 4) is 0 Å². The topological polar surface area (TPSA) is 9.23 Å². The summed E-state index contributed by atoms with van der Waals surface area (Å²) in [4.78, 5) is 0. The van der Waals surface area contributed by atoms with E-state index in [1.54, 1.807) is 0 Å². The predicted molar refractivity (Wildman–Crippen MR) is 44.7 cm³/mol. The Morgan fingerprint density at radius 3 is 1.73 bits per heavy atom. The van der Waals surface area contributed by atoms with Crippen LogP contribution in [0.25, 0.3) is 0 Å². The Labute approximate surface area is 67.0 Å². The molecule has 0 saturated carbocycles. The predicted octanol–water partition coefficient (Wildman–Crippen LogP) is 1.80. The summed E-state index contributed by atoms with van der Waals surface area (Å²) in [6.07, 6.45) is 2.11. The van der Waals surface area contributed by atoms with Crippen LogP contribution in [0.3, 0.4) is 0 Å². The van der Waals surface area contributed by atoms with Crippen LogP contribution in [0.4, 0.5) is 0 Å². The van der Waals surface area contributed by atoms with Crippen LogP contribution >= 0.6 is 0 Å². The Hall–Kier alpha value is -0.820. The first-order valence-corrected chi connectivity index (χ1v) is 4.11. The molecule has 0 aromatic heterocycles. The zero-order valence-corrected chi connectivity index (χ0v) is 6.55. The first-order chi connectivity index (χ1) is 5.45. The molecule has 1 aromatic rings. The van der Waals surface area contributed by atoms with Gasteiger partial charge < -0.3 is 4.74 Å². The van der Waals surface area contributed by atoms with Crippen molar-refractivity contribution in [1.82, 2.24) is 0 Å². The summed E-state index contributed by atoms with van der Waals surface area (Å²) in [5.74, 6) is 0. The molecule has 0 fully saturated rings. The highest BCUT2D eigenvalue weighted by Gasteiger charge is 1.99. The van der Waals surface area contributed by atoms with E-state index in [1.165, 1.54) is 11.1 Å². The monoisotopic (exact) mass is 148 g/mol. The number of benzene rings is 1. The average molecular weight is 148 g/mol. The molecule has 0 amide bonds. The van der Waals surface area contributed by atoms with Crippen LogP contribution in [-0.4, -0.2) is 13.2 Å². The second-order valence-corrected chi connectivity index (χ2v) is 2.93. The van der Waals surface area contributed by atoms with Crippen LogP contribution in [0.1, 0.15) is 11.1 Å². The Balaban J connectivity index is 2.28. The standard InChI is InChI=1S/C10H12O/c1-2-10-4-3-9(1)5-7-11-8-6-10/h1-4H,5-8H2. The summed E-state index contributed by atoms with van der Waals surface area (Å²) in [7, 11) is 0. The van der Waals surface area contributed by atoms with E-state index in [1.807, 2.05) is 0 Å². The molecule has 2 aliphatic heterocycles. The molecule has 1 nitrogen and oxygen atoms in total. The van der Waals surface area contributed by atoms with Gasteiger partial charge in [0.1, 0.15) is 0 Å². The van der Waals surface area contributed by atoms with Crippen molar-refractivity contribution in [2.75, 3.05) is 13.2 Å². The average Bonchev–Trinajstić information content (AvgIpc) is 2.21. The highest BCUT2D eigenvalue weighted by Crippen LogP contribution is 2.08. The molecule has 2 aliphatic rings. The van der Waals surface area contributed by atoms with E-state index >= 15 is 0 Å². The van der Waals surface area contributed by atoms with Crippen molar-refractivity contribution in [1.29, 1.82) is 0 Å². The van der Waals surface area contributed by atoms with Gasteiger partial charge >= 0.3 is 0 Å². The van der Waals surface area contributed by atoms with Gasteiger partial charge in [-0.25, -0.2) is 0 Å². The highest BCUT2D eigenvalue weighted by atomic mass is 16.5. The number of hydrogen-bond acceptors (Lipinski definition) is 1. The summed E-state index contributed by atoms with van der Waals surface area (Å²) >= 11 is 0. The Morgan fingerprint density at radius 1 is 0.818 bits per heavy atom. The molecule has 2 heterocycles. The summed E-state index contributed by atoms with van der Waals surface area (Å²) in [5, 5.41) is 0. The van der Waals surface area contributed by atoms with Gasteiger partial charge in [-0.1, -0.05) is 24.3 Å². The minimum Gasteiger partial charge on any atom is -0.381 e. The molecular weight excluding hydrogens is 136 g/mol. The third kappa shape index (κ3) is 1.60. The lowest BCUT2D eigenvalue weighted by Gasteiger charge is -1.98. The Kier molecular flexibility index (Phi) is 1.91. The van der Waals surface area contributed by atoms with Crippen molar-refractivity contribution in [3.05, 3.63) is 35.4 Å². The Bertz CT molecular complexity index is 200. The van der Waals surface area contributed by atoms with Gasteiger partial charge in [0, 0.05) is 0 Å². The van der Waals surface area contributed by atoms with E-state index in [0.29, 0.717) is 0 Å². The van der Waals surface area contributed by atoms with E-state index < -0.39 is 0 Å².